The Bertz CT molecular complexity index is 496. The Kier molecular flexibility index (Phi) is 2.96. The van der Waals surface area contributed by atoms with Gasteiger partial charge in [-0.15, -0.1) is 10.2 Å². The molecule has 1 aromatic carbocycles. The van der Waals surface area contributed by atoms with Crippen LogP contribution in [-0.2, 0) is 20.1 Å². The number of aliphatic hydroxyl groups excluding tert-OH is 1. The van der Waals surface area contributed by atoms with Crippen LogP contribution in [0.2, 0.25) is 0 Å². The van der Waals surface area contributed by atoms with Crippen molar-refractivity contribution in [3.8, 4) is 0 Å². The molecule has 0 aliphatic rings. The fraction of sp³-hybridized carbons (Fsp3) is 0.273. The van der Waals surface area contributed by atoms with E-state index in [1.807, 2.05) is 0 Å². The third-order valence-corrected chi connectivity index (χ3v) is 2.50. The normalized spacial score (nSPS) is 10.7. The van der Waals surface area contributed by atoms with Crippen LogP contribution >= 0.6 is 0 Å². The third kappa shape index (κ3) is 1.94. The van der Waals surface area contributed by atoms with Crippen molar-refractivity contribution in [3.63, 3.8) is 0 Å². The molecule has 84 valence electrons. The van der Waals surface area contributed by atoms with Gasteiger partial charge in [0.05, 0.1) is 0 Å². The van der Waals surface area contributed by atoms with E-state index in [0.717, 1.165) is 0 Å². The standard InChI is InChI=1S/C11H12FN3O/c1-15-10(13-14-11(15)7-16)6-8-4-2-3-5-9(8)12/h2-5,16H,6-7H2,1H3. The van der Waals surface area contributed by atoms with Gasteiger partial charge in [0.25, 0.3) is 0 Å². The van der Waals surface area contributed by atoms with Crippen molar-refractivity contribution in [3.05, 3.63) is 47.3 Å². The lowest BCUT2D eigenvalue weighted by Gasteiger charge is -2.03. The van der Waals surface area contributed by atoms with Crippen LogP contribution in [0.5, 0.6) is 0 Å². The molecule has 0 saturated carbocycles. The Morgan fingerprint density at radius 2 is 1.94 bits per heavy atom. The number of hydrogen-bond donors (Lipinski definition) is 1. The predicted molar refractivity (Wildman–Crippen MR) is 56.1 cm³/mol. The fourth-order valence-electron chi connectivity index (χ4n) is 1.50. The lowest BCUT2D eigenvalue weighted by molar-refractivity contribution is 0.266. The van der Waals surface area contributed by atoms with Crippen LogP contribution in [0.15, 0.2) is 24.3 Å². The first-order valence-corrected chi connectivity index (χ1v) is 4.93. The van der Waals surface area contributed by atoms with Gasteiger partial charge in [-0.3, -0.25) is 0 Å². The Morgan fingerprint density at radius 3 is 2.56 bits per heavy atom. The number of aliphatic hydroxyl groups is 1. The molecule has 5 heteroatoms. The zero-order valence-corrected chi connectivity index (χ0v) is 8.89. The van der Waals surface area contributed by atoms with E-state index in [2.05, 4.69) is 10.2 Å². The van der Waals surface area contributed by atoms with E-state index in [-0.39, 0.29) is 12.4 Å². The highest BCUT2D eigenvalue weighted by Crippen LogP contribution is 2.11. The van der Waals surface area contributed by atoms with Crippen molar-refractivity contribution in [2.45, 2.75) is 13.0 Å². The molecule has 1 N–H and O–H groups in total. The largest absolute Gasteiger partial charge is 0.388 e. The van der Waals surface area contributed by atoms with E-state index in [9.17, 15) is 4.39 Å². The molecule has 2 rings (SSSR count). The lowest BCUT2D eigenvalue weighted by Crippen LogP contribution is -2.04. The van der Waals surface area contributed by atoms with Gasteiger partial charge < -0.3 is 9.67 Å². The molecule has 1 heterocycles. The summed E-state index contributed by atoms with van der Waals surface area (Å²) >= 11 is 0. The molecule has 0 atom stereocenters. The Hall–Kier alpha value is -1.75. The van der Waals surface area contributed by atoms with E-state index in [1.54, 1.807) is 29.8 Å². The molecular formula is C11H12FN3O. The van der Waals surface area contributed by atoms with Gasteiger partial charge in [-0.2, -0.15) is 0 Å². The summed E-state index contributed by atoms with van der Waals surface area (Å²) < 4.78 is 15.1. The smallest absolute Gasteiger partial charge is 0.158 e. The fourth-order valence-corrected chi connectivity index (χ4v) is 1.50. The maximum atomic E-state index is 13.4. The van der Waals surface area contributed by atoms with Gasteiger partial charge in [-0.1, -0.05) is 18.2 Å². The van der Waals surface area contributed by atoms with Gasteiger partial charge in [-0.05, 0) is 11.6 Å². The number of nitrogens with zero attached hydrogens (tertiary/aromatic N) is 3. The van der Waals surface area contributed by atoms with Gasteiger partial charge in [-0.25, -0.2) is 4.39 Å². The van der Waals surface area contributed by atoms with Crippen molar-refractivity contribution >= 4 is 0 Å². The minimum absolute atomic E-state index is 0.166. The number of rotatable bonds is 3. The summed E-state index contributed by atoms with van der Waals surface area (Å²) in [7, 11) is 1.75. The molecule has 16 heavy (non-hydrogen) atoms. The summed E-state index contributed by atoms with van der Waals surface area (Å²) in [6.07, 6.45) is 0.371. The minimum Gasteiger partial charge on any atom is -0.388 e. The van der Waals surface area contributed by atoms with Crippen LogP contribution in [-0.4, -0.2) is 19.9 Å². The van der Waals surface area contributed by atoms with Crippen molar-refractivity contribution in [2.24, 2.45) is 7.05 Å². The summed E-state index contributed by atoms with van der Waals surface area (Å²) in [6, 6.07) is 6.55. The monoisotopic (exact) mass is 221 g/mol. The molecule has 0 aliphatic carbocycles. The lowest BCUT2D eigenvalue weighted by atomic mass is 10.1. The van der Waals surface area contributed by atoms with Gasteiger partial charge in [0.15, 0.2) is 5.82 Å². The summed E-state index contributed by atoms with van der Waals surface area (Å²) in [4.78, 5) is 0. The second kappa shape index (κ2) is 4.40. The van der Waals surface area contributed by atoms with E-state index < -0.39 is 0 Å². The maximum absolute atomic E-state index is 13.4. The van der Waals surface area contributed by atoms with Gasteiger partial charge in [0.1, 0.15) is 18.2 Å². The first-order chi connectivity index (χ1) is 7.72. The van der Waals surface area contributed by atoms with Crippen LogP contribution in [0.1, 0.15) is 17.2 Å². The highest BCUT2D eigenvalue weighted by atomic mass is 19.1. The average Bonchev–Trinajstić information content (AvgIpc) is 2.63. The second-order valence-electron chi connectivity index (χ2n) is 3.52. The van der Waals surface area contributed by atoms with E-state index in [1.165, 1.54) is 6.07 Å². The molecule has 0 spiro atoms. The Labute approximate surface area is 92.4 Å². The molecule has 1 aromatic heterocycles. The van der Waals surface area contributed by atoms with Crippen LogP contribution in [0.4, 0.5) is 4.39 Å². The van der Waals surface area contributed by atoms with Crippen LogP contribution in [0, 0.1) is 5.82 Å². The quantitative estimate of drug-likeness (QED) is 0.842. The third-order valence-electron chi connectivity index (χ3n) is 2.50. The average molecular weight is 221 g/mol. The van der Waals surface area contributed by atoms with Gasteiger partial charge in [0, 0.05) is 13.5 Å². The molecule has 0 radical (unpaired) electrons. The van der Waals surface area contributed by atoms with Crippen molar-refractivity contribution in [1.29, 1.82) is 0 Å². The highest BCUT2D eigenvalue weighted by Gasteiger charge is 2.10. The molecule has 2 aromatic rings. The first-order valence-electron chi connectivity index (χ1n) is 4.93. The van der Waals surface area contributed by atoms with Crippen molar-refractivity contribution in [2.75, 3.05) is 0 Å². The van der Waals surface area contributed by atoms with Gasteiger partial charge in [0.2, 0.25) is 0 Å². The summed E-state index contributed by atoms with van der Waals surface area (Å²) in [6.45, 7) is -0.166. The number of aromatic nitrogens is 3. The number of halogens is 1. The molecule has 0 fully saturated rings. The Morgan fingerprint density at radius 1 is 1.25 bits per heavy atom. The molecule has 0 saturated heterocycles. The summed E-state index contributed by atoms with van der Waals surface area (Å²) in [5.41, 5.74) is 0.572. The molecule has 0 amide bonds. The minimum atomic E-state index is -0.254. The zero-order valence-electron chi connectivity index (χ0n) is 8.89. The predicted octanol–water partition coefficient (Wildman–Crippen LogP) is 1.04. The number of benzene rings is 1. The summed E-state index contributed by atoms with van der Waals surface area (Å²) in [5, 5.41) is 16.7. The highest BCUT2D eigenvalue weighted by molar-refractivity contribution is 5.21. The van der Waals surface area contributed by atoms with Crippen molar-refractivity contribution < 1.29 is 9.50 Å². The SMILES string of the molecule is Cn1c(CO)nnc1Cc1ccccc1F. The molecular weight excluding hydrogens is 209 g/mol. The maximum Gasteiger partial charge on any atom is 0.158 e. The molecule has 0 unspecified atom stereocenters. The number of hydrogen-bond acceptors (Lipinski definition) is 3. The van der Waals surface area contributed by atoms with Crippen molar-refractivity contribution in [1.82, 2.24) is 14.8 Å². The van der Waals surface area contributed by atoms with Crippen LogP contribution in [0.25, 0.3) is 0 Å². The second-order valence-corrected chi connectivity index (χ2v) is 3.52. The van der Waals surface area contributed by atoms with Gasteiger partial charge >= 0.3 is 0 Å². The molecule has 4 nitrogen and oxygen atoms in total. The Balaban J connectivity index is 2.27. The topological polar surface area (TPSA) is 50.9 Å². The van der Waals surface area contributed by atoms with Crippen LogP contribution in [0.3, 0.4) is 0 Å². The van der Waals surface area contributed by atoms with E-state index in [4.69, 9.17) is 5.11 Å². The zero-order chi connectivity index (χ0) is 11.5. The summed E-state index contributed by atoms with van der Waals surface area (Å²) in [5.74, 6) is 0.858. The van der Waals surface area contributed by atoms with E-state index >= 15 is 0 Å². The van der Waals surface area contributed by atoms with E-state index in [0.29, 0.717) is 23.6 Å². The first kappa shape index (κ1) is 10.8. The van der Waals surface area contributed by atoms with Crippen LogP contribution < -0.4 is 0 Å². The molecule has 0 aliphatic heterocycles. The molecule has 0 bridgehead atoms.